The molecule has 2 heterocycles. The summed E-state index contributed by atoms with van der Waals surface area (Å²) < 4.78 is 40.2. The van der Waals surface area contributed by atoms with E-state index in [9.17, 15) is 23.1 Å². The summed E-state index contributed by atoms with van der Waals surface area (Å²) in [6.45, 7) is 3.09. The van der Waals surface area contributed by atoms with E-state index in [2.05, 4.69) is 9.88 Å². The number of aryl methyl sites for hydroxylation is 1. The number of piperidine rings is 1. The molecule has 0 aliphatic carbocycles. The minimum Gasteiger partial charge on any atom is -0.507 e. The summed E-state index contributed by atoms with van der Waals surface area (Å²) in [7, 11) is 1.97. The van der Waals surface area contributed by atoms with Gasteiger partial charge >= 0.3 is 6.18 Å². The number of benzene rings is 1. The lowest BCUT2D eigenvalue weighted by molar-refractivity contribution is -0.137. The standard InChI is InChI=1S/C18H20F3N3O2/c1-11-6-12(18(19,20)21)7-15(25)16(11)14-8-22-10-24(17(14)26)13-4-3-5-23(2)9-13/h6-8,10,13,25H,3-5,9H2,1-2H3/t13-/m1/s1. The summed E-state index contributed by atoms with van der Waals surface area (Å²) in [6, 6.07) is 1.53. The first-order valence-electron chi connectivity index (χ1n) is 8.34. The molecule has 0 saturated carbocycles. The Kier molecular flexibility index (Phi) is 4.79. The summed E-state index contributed by atoms with van der Waals surface area (Å²) in [5.41, 5.74) is -0.943. The zero-order chi connectivity index (χ0) is 19.1. The van der Waals surface area contributed by atoms with Crippen LogP contribution in [0.2, 0.25) is 0 Å². The Labute approximate surface area is 148 Å². The van der Waals surface area contributed by atoms with E-state index in [-0.39, 0.29) is 28.3 Å². The molecule has 140 valence electrons. The molecule has 3 rings (SSSR count). The van der Waals surface area contributed by atoms with Gasteiger partial charge in [-0.3, -0.25) is 9.36 Å². The van der Waals surface area contributed by atoms with Gasteiger partial charge in [0.05, 0.1) is 23.5 Å². The van der Waals surface area contributed by atoms with E-state index in [1.54, 1.807) is 0 Å². The van der Waals surface area contributed by atoms with Crippen molar-refractivity contribution in [3.63, 3.8) is 0 Å². The maximum atomic E-state index is 12.9. The van der Waals surface area contributed by atoms with Gasteiger partial charge in [0.15, 0.2) is 0 Å². The first-order chi connectivity index (χ1) is 12.2. The van der Waals surface area contributed by atoms with E-state index >= 15 is 0 Å². The molecule has 5 nitrogen and oxygen atoms in total. The Bertz CT molecular complexity index is 854. The van der Waals surface area contributed by atoms with Crippen LogP contribution in [-0.2, 0) is 6.18 Å². The number of phenolic OH excluding ortho intramolecular Hbond substituents is 1. The molecule has 1 fully saturated rings. The minimum absolute atomic E-state index is 0.0504. The van der Waals surface area contributed by atoms with E-state index < -0.39 is 17.5 Å². The molecule has 1 aliphatic heterocycles. The summed E-state index contributed by atoms with van der Waals surface area (Å²) in [5, 5.41) is 10.2. The van der Waals surface area contributed by atoms with Gasteiger partial charge < -0.3 is 10.0 Å². The number of phenols is 1. The number of likely N-dealkylation sites (tertiary alicyclic amines) is 1. The van der Waals surface area contributed by atoms with Crippen LogP contribution in [0.1, 0.15) is 30.0 Å². The molecule has 0 amide bonds. The van der Waals surface area contributed by atoms with Crippen molar-refractivity contribution in [3.8, 4) is 16.9 Å². The van der Waals surface area contributed by atoms with E-state index in [1.165, 1.54) is 24.0 Å². The van der Waals surface area contributed by atoms with Gasteiger partial charge in [-0.25, -0.2) is 4.98 Å². The van der Waals surface area contributed by atoms with Crippen molar-refractivity contribution < 1.29 is 18.3 Å². The fourth-order valence-corrected chi connectivity index (χ4v) is 3.51. The lowest BCUT2D eigenvalue weighted by atomic mass is 9.98. The third-order valence-corrected chi connectivity index (χ3v) is 4.76. The average Bonchev–Trinajstić information content (AvgIpc) is 2.55. The van der Waals surface area contributed by atoms with Crippen LogP contribution in [-0.4, -0.2) is 39.7 Å². The normalized spacial score (nSPS) is 18.9. The first-order valence-corrected chi connectivity index (χ1v) is 8.34. The first kappa shape index (κ1) is 18.4. The molecule has 1 N–H and O–H groups in total. The highest BCUT2D eigenvalue weighted by molar-refractivity contribution is 5.73. The quantitative estimate of drug-likeness (QED) is 0.886. The molecule has 2 aromatic rings. The predicted octanol–water partition coefficient (Wildman–Crippen LogP) is 3.21. The van der Waals surface area contributed by atoms with Crippen LogP contribution in [0.15, 0.2) is 29.5 Å². The van der Waals surface area contributed by atoms with Gasteiger partial charge in [0.25, 0.3) is 5.56 Å². The van der Waals surface area contributed by atoms with Crippen molar-refractivity contribution in [3.05, 3.63) is 46.1 Å². The van der Waals surface area contributed by atoms with Crippen LogP contribution < -0.4 is 5.56 Å². The van der Waals surface area contributed by atoms with Crippen molar-refractivity contribution in [1.82, 2.24) is 14.5 Å². The molecule has 0 radical (unpaired) electrons. The molecule has 1 aliphatic rings. The highest BCUT2D eigenvalue weighted by atomic mass is 19.4. The highest BCUT2D eigenvalue weighted by Crippen LogP contribution is 2.38. The number of halogens is 3. The Hall–Kier alpha value is -2.35. The lowest BCUT2D eigenvalue weighted by Gasteiger charge is -2.30. The van der Waals surface area contributed by atoms with Gasteiger partial charge in [0, 0.05) is 18.3 Å². The van der Waals surface area contributed by atoms with Gasteiger partial charge in [-0.15, -0.1) is 0 Å². The van der Waals surface area contributed by atoms with E-state index in [0.29, 0.717) is 12.6 Å². The molecule has 26 heavy (non-hydrogen) atoms. The van der Waals surface area contributed by atoms with Crippen molar-refractivity contribution in [2.75, 3.05) is 20.1 Å². The molecule has 0 unspecified atom stereocenters. The maximum absolute atomic E-state index is 12.9. The monoisotopic (exact) mass is 367 g/mol. The number of hydrogen-bond acceptors (Lipinski definition) is 4. The van der Waals surface area contributed by atoms with E-state index in [0.717, 1.165) is 25.5 Å². The van der Waals surface area contributed by atoms with Crippen molar-refractivity contribution in [2.24, 2.45) is 0 Å². The summed E-state index contributed by atoms with van der Waals surface area (Å²) in [5.74, 6) is -0.574. The third-order valence-electron chi connectivity index (χ3n) is 4.76. The SMILES string of the molecule is Cc1cc(C(F)(F)F)cc(O)c1-c1cncn([C@@H]2CCCN(C)C2)c1=O. The number of nitrogens with zero attached hydrogens (tertiary/aromatic N) is 3. The second-order valence-corrected chi connectivity index (χ2v) is 6.76. The second kappa shape index (κ2) is 6.75. The number of aromatic hydroxyl groups is 1. The van der Waals surface area contributed by atoms with Crippen LogP contribution in [0.3, 0.4) is 0 Å². The molecule has 0 spiro atoms. The smallest absolute Gasteiger partial charge is 0.416 e. The van der Waals surface area contributed by atoms with Gasteiger partial charge in [-0.1, -0.05) is 0 Å². The minimum atomic E-state index is -4.57. The van der Waals surface area contributed by atoms with Crippen LogP contribution in [0, 0.1) is 6.92 Å². The zero-order valence-corrected chi connectivity index (χ0v) is 14.5. The number of likely N-dealkylation sites (N-methyl/N-ethyl adjacent to an activating group) is 1. The fourth-order valence-electron chi connectivity index (χ4n) is 3.51. The predicted molar refractivity (Wildman–Crippen MR) is 91.1 cm³/mol. The zero-order valence-electron chi connectivity index (χ0n) is 14.5. The Morgan fingerprint density at radius 3 is 2.65 bits per heavy atom. The number of hydrogen-bond donors (Lipinski definition) is 1. The van der Waals surface area contributed by atoms with E-state index in [4.69, 9.17) is 0 Å². The van der Waals surface area contributed by atoms with E-state index in [1.807, 2.05) is 7.05 Å². The topological polar surface area (TPSA) is 58.4 Å². The molecule has 1 aromatic carbocycles. The lowest BCUT2D eigenvalue weighted by Crippen LogP contribution is -2.38. The van der Waals surface area contributed by atoms with Crippen LogP contribution in [0.5, 0.6) is 5.75 Å². The Morgan fingerprint density at radius 2 is 2.04 bits per heavy atom. The number of alkyl halides is 3. The molecule has 0 bridgehead atoms. The highest BCUT2D eigenvalue weighted by Gasteiger charge is 2.32. The molecule has 1 atom stereocenters. The number of rotatable bonds is 2. The third kappa shape index (κ3) is 3.46. The molecule has 1 aromatic heterocycles. The molecular weight excluding hydrogens is 347 g/mol. The van der Waals surface area contributed by atoms with Gasteiger partial charge in [0.1, 0.15) is 5.75 Å². The second-order valence-electron chi connectivity index (χ2n) is 6.76. The van der Waals surface area contributed by atoms with Crippen LogP contribution in [0.4, 0.5) is 13.2 Å². The van der Waals surface area contributed by atoms with Gasteiger partial charge in [0.2, 0.25) is 0 Å². The van der Waals surface area contributed by atoms with Crippen LogP contribution in [0.25, 0.3) is 11.1 Å². The summed E-state index contributed by atoms with van der Waals surface area (Å²) in [4.78, 5) is 19.1. The van der Waals surface area contributed by atoms with Crippen molar-refractivity contribution >= 4 is 0 Å². The van der Waals surface area contributed by atoms with Crippen LogP contribution >= 0.6 is 0 Å². The molecule has 8 heteroatoms. The fraction of sp³-hybridized carbons (Fsp3) is 0.444. The summed E-state index contributed by atoms with van der Waals surface area (Å²) >= 11 is 0. The van der Waals surface area contributed by atoms with Crippen molar-refractivity contribution in [1.29, 1.82) is 0 Å². The number of aromatic nitrogens is 2. The van der Waals surface area contributed by atoms with Gasteiger partial charge in [-0.05, 0) is 51.1 Å². The Morgan fingerprint density at radius 1 is 1.31 bits per heavy atom. The maximum Gasteiger partial charge on any atom is 0.416 e. The van der Waals surface area contributed by atoms with Crippen molar-refractivity contribution in [2.45, 2.75) is 32.0 Å². The Balaban J connectivity index is 2.08. The molecular formula is C18H20F3N3O2. The summed E-state index contributed by atoms with van der Waals surface area (Å²) in [6.07, 6.45) is -0.0504. The largest absolute Gasteiger partial charge is 0.507 e. The molecule has 1 saturated heterocycles. The van der Waals surface area contributed by atoms with Gasteiger partial charge in [-0.2, -0.15) is 13.2 Å². The average molecular weight is 367 g/mol.